The van der Waals surface area contributed by atoms with Crippen molar-refractivity contribution in [2.45, 2.75) is 30.2 Å². The number of nitrogens with one attached hydrogen (secondary N) is 1. The molecule has 2 aromatic rings. The third kappa shape index (κ3) is 2.90. The first kappa shape index (κ1) is 16.8. The molecule has 0 saturated carbocycles. The highest BCUT2D eigenvalue weighted by molar-refractivity contribution is 7.89. The number of hydrogen-bond donors (Lipinski definition) is 1. The highest BCUT2D eigenvalue weighted by atomic mass is 32.2. The van der Waals surface area contributed by atoms with Crippen LogP contribution < -0.4 is 10.1 Å². The van der Waals surface area contributed by atoms with Crippen molar-refractivity contribution >= 4 is 20.8 Å². The minimum atomic E-state index is -3.57. The summed E-state index contributed by atoms with van der Waals surface area (Å²) in [5.41, 5.74) is 0. The van der Waals surface area contributed by atoms with Crippen LogP contribution in [0.5, 0.6) is 5.75 Å². The Morgan fingerprint density at radius 3 is 3.00 bits per heavy atom. The largest absolute Gasteiger partial charge is 0.494 e. The summed E-state index contributed by atoms with van der Waals surface area (Å²) in [7, 11) is -2.03. The molecule has 4 rings (SSSR count). The van der Waals surface area contributed by atoms with Crippen molar-refractivity contribution in [3.05, 3.63) is 30.6 Å². The summed E-state index contributed by atoms with van der Waals surface area (Å²) in [5.74, 6) is 0.890. The lowest BCUT2D eigenvalue weighted by Gasteiger charge is -2.41. The van der Waals surface area contributed by atoms with Gasteiger partial charge in [0.2, 0.25) is 10.0 Å². The molecule has 0 amide bonds. The Balaban J connectivity index is 1.75. The molecule has 6 nitrogen and oxygen atoms in total. The lowest BCUT2D eigenvalue weighted by molar-refractivity contribution is 0.171. The van der Waals surface area contributed by atoms with E-state index in [4.69, 9.17) is 4.74 Å². The van der Waals surface area contributed by atoms with Crippen molar-refractivity contribution in [2.75, 3.05) is 26.7 Å². The summed E-state index contributed by atoms with van der Waals surface area (Å²) in [4.78, 5) is 4.44. The van der Waals surface area contributed by atoms with E-state index in [-0.39, 0.29) is 0 Å². The standard InChI is InChI=1S/C18H23N3O3S/c1-24-16-11-19-10-13-4-2-6-17(18(13)16)25(22,23)21-9-7-15-14(12-21)5-3-8-20-15/h2,4,6,10-11,14-15,20H,3,5,7-9,12H2,1H3. The molecule has 0 aliphatic carbocycles. The van der Waals surface area contributed by atoms with Gasteiger partial charge in [0.05, 0.1) is 18.2 Å². The summed E-state index contributed by atoms with van der Waals surface area (Å²) in [6.07, 6.45) is 6.31. The van der Waals surface area contributed by atoms with Crippen molar-refractivity contribution in [3.8, 4) is 5.75 Å². The topological polar surface area (TPSA) is 71.5 Å². The van der Waals surface area contributed by atoms with Gasteiger partial charge in [0.25, 0.3) is 0 Å². The van der Waals surface area contributed by atoms with E-state index in [1.54, 1.807) is 35.9 Å². The van der Waals surface area contributed by atoms with Gasteiger partial charge in [-0.3, -0.25) is 4.98 Å². The molecule has 1 N–H and O–H groups in total. The van der Waals surface area contributed by atoms with Crippen LogP contribution in [0.25, 0.3) is 10.8 Å². The Kier molecular flexibility index (Phi) is 4.39. The maximum atomic E-state index is 13.4. The van der Waals surface area contributed by atoms with E-state index < -0.39 is 10.0 Å². The summed E-state index contributed by atoms with van der Waals surface area (Å²) >= 11 is 0. The molecule has 0 spiro atoms. The van der Waals surface area contributed by atoms with Gasteiger partial charge in [-0.15, -0.1) is 0 Å². The molecule has 0 bridgehead atoms. The van der Waals surface area contributed by atoms with E-state index >= 15 is 0 Å². The molecule has 2 atom stereocenters. The number of nitrogens with zero attached hydrogens (tertiary/aromatic N) is 2. The van der Waals surface area contributed by atoms with E-state index in [9.17, 15) is 8.42 Å². The number of piperidine rings is 2. The smallest absolute Gasteiger partial charge is 0.243 e. The zero-order valence-corrected chi connectivity index (χ0v) is 15.1. The van der Waals surface area contributed by atoms with Crippen LogP contribution in [-0.2, 0) is 10.0 Å². The van der Waals surface area contributed by atoms with Crippen molar-refractivity contribution in [2.24, 2.45) is 5.92 Å². The lowest BCUT2D eigenvalue weighted by Crippen LogP contribution is -2.53. The Labute approximate surface area is 148 Å². The third-order valence-corrected chi connectivity index (χ3v) is 7.31. The first-order chi connectivity index (χ1) is 12.1. The zero-order chi connectivity index (χ0) is 17.4. The van der Waals surface area contributed by atoms with Crippen LogP contribution >= 0.6 is 0 Å². The molecular weight excluding hydrogens is 338 g/mol. The molecular formula is C18H23N3O3S. The normalized spacial score (nSPS) is 24.8. The van der Waals surface area contributed by atoms with Gasteiger partial charge in [-0.05, 0) is 37.8 Å². The average Bonchev–Trinajstić information content (AvgIpc) is 2.66. The molecule has 2 aliphatic rings. The summed E-state index contributed by atoms with van der Waals surface area (Å²) in [6, 6.07) is 5.75. The highest BCUT2D eigenvalue weighted by Gasteiger charge is 2.37. The Hall–Kier alpha value is -1.70. The SMILES string of the molecule is COc1cncc2cccc(S(=O)(=O)N3CCC4NCCCC4C3)c12. The first-order valence-electron chi connectivity index (χ1n) is 8.75. The van der Waals surface area contributed by atoms with Crippen molar-refractivity contribution in [1.29, 1.82) is 0 Å². The van der Waals surface area contributed by atoms with Crippen LogP contribution in [0.3, 0.4) is 0 Å². The van der Waals surface area contributed by atoms with Gasteiger partial charge in [-0.25, -0.2) is 8.42 Å². The quantitative estimate of drug-likeness (QED) is 0.905. The minimum absolute atomic E-state index is 0.312. The van der Waals surface area contributed by atoms with Crippen molar-refractivity contribution in [3.63, 3.8) is 0 Å². The fourth-order valence-electron chi connectivity index (χ4n) is 4.11. The van der Waals surface area contributed by atoms with E-state index in [0.29, 0.717) is 41.1 Å². The second-order valence-corrected chi connectivity index (χ2v) is 8.72. The number of sulfonamides is 1. The van der Waals surface area contributed by atoms with Crippen LogP contribution in [0.2, 0.25) is 0 Å². The number of ether oxygens (including phenoxy) is 1. The van der Waals surface area contributed by atoms with E-state index in [0.717, 1.165) is 31.2 Å². The average molecular weight is 361 g/mol. The molecule has 1 aromatic carbocycles. The molecule has 2 saturated heterocycles. The van der Waals surface area contributed by atoms with Crippen LogP contribution in [-0.4, -0.2) is 50.5 Å². The number of rotatable bonds is 3. The summed E-state index contributed by atoms with van der Waals surface area (Å²) in [6.45, 7) is 2.19. The number of benzene rings is 1. The fraction of sp³-hybridized carbons (Fsp3) is 0.500. The summed E-state index contributed by atoms with van der Waals surface area (Å²) < 4.78 is 33.8. The van der Waals surface area contributed by atoms with Gasteiger partial charge in [0.15, 0.2) is 0 Å². The second kappa shape index (κ2) is 6.55. The van der Waals surface area contributed by atoms with Gasteiger partial charge in [-0.2, -0.15) is 4.31 Å². The van der Waals surface area contributed by atoms with Gasteiger partial charge in [0.1, 0.15) is 5.75 Å². The zero-order valence-electron chi connectivity index (χ0n) is 14.3. The first-order valence-corrected chi connectivity index (χ1v) is 10.2. The Morgan fingerprint density at radius 1 is 1.28 bits per heavy atom. The lowest BCUT2D eigenvalue weighted by atomic mass is 9.86. The highest BCUT2D eigenvalue weighted by Crippen LogP contribution is 2.34. The number of pyridine rings is 1. The molecule has 134 valence electrons. The third-order valence-electron chi connectivity index (χ3n) is 5.40. The fourth-order valence-corrected chi connectivity index (χ4v) is 5.85. The predicted molar refractivity (Wildman–Crippen MR) is 96.2 cm³/mol. The van der Waals surface area contributed by atoms with Crippen molar-refractivity contribution in [1.82, 2.24) is 14.6 Å². The number of hydrogen-bond acceptors (Lipinski definition) is 5. The Morgan fingerprint density at radius 2 is 2.16 bits per heavy atom. The molecule has 3 heterocycles. The maximum absolute atomic E-state index is 13.4. The number of aromatic nitrogens is 1. The molecule has 1 aromatic heterocycles. The van der Waals surface area contributed by atoms with Crippen LogP contribution in [0.15, 0.2) is 35.5 Å². The maximum Gasteiger partial charge on any atom is 0.243 e. The Bertz CT molecular complexity index is 879. The molecule has 2 aliphatic heterocycles. The number of fused-ring (bicyclic) bond motifs is 2. The van der Waals surface area contributed by atoms with Gasteiger partial charge in [0, 0.05) is 36.1 Å². The van der Waals surface area contributed by atoms with Crippen LogP contribution in [0, 0.1) is 5.92 Å². The van der Waals surface area contributed by atoms with Crippen LogP contribution in [0.1, 0.15) is 19.3 Å². The second-order valence-electron chi connectivity index (χ2n) is 6.81. The molecule has 2 unspecified atom stereocenters. The van der Waals surface area contributed by atoms with E-state index in [1.165, 1.54) is 0 Å². The molecule has 0 radical (unpaired) electrons. The predicted octanol–water partition coefficient (Wildman–Crippen LogP) is 2.01. The monoisotopic (exact) mass is 361 g/mol. The molecule has 7 heteroatoms. The molecule has 25 heavy (non-hydrogen) atoms. The van der Waals surface area contributed by atoms with Gasteiger partial charge in [-0.1, -0.05) is 12.1 Å². The van der Waals surface area contributed by atoms with Gasteiger partial charge >= 0.3 is 0 Å². The molecule has 2 fully saturated rings. The van der Waals surface area contributed by atoms with E-state index in [2.05, 4.69) is 10.3 Å². The summed E-state index contributed by atoms with van der Waals surface area (Å²) in [5, 5.41) is 4.92. The van der Waals surface area contributed by atoms with E-state index in [1.807, 2.05) is 6.07 Å². The minimum Gasteiger partial charge on any atom is -0.494 e. The van der Waals surface area contributed by atoms with Gasteiger partial charge < -0.3 is 10.1 Å². The number of methoxy groups -OCH3 is 1. The van der Waals surface area contributed by atoms with Crippen LogP contribution in [0.4, 0.5) is 0 Å². The van der Waals surface area contributed by atoms with Crippen molar-refractivity contribution < 1.29 is 13.2 Å².